The molecule has 0 aliphatic rings. The highest BCUT2D eigenvalue weighted by molar-refractivity contribution is 14.1. The van der Waals surface area contributed by atoms with Crippen molar-refractivity contribution in [2.75, 3.05) is 4.43 Å². The minimum absolute atomic E-state index is 0.492. The van der Waals surface area contributed by atoms with Crippen molar-refractivity contribution >= 4 is 34.2 Å². The molecule has 0 bridgehead atoms. The topological polar surface area (TPSA) is 29.4 Å². The standard InChI is InChI=1S/C13H14INO/c1-10(2)11-5-4-6-12(7-11)13(3,8-14)15-9-16/h4-7H,1,8H2,2-3H3. The van der Waals surface area contributed by atoms with Crippen LogP contribution in [0.2, 0.25) is 0 Å². The molecule has 16 heavy (non-hydrogen) atoms. The van der Waals surface area contributed by atoms with E-state index >= 15 is 0 Å². The van der Waals surface area contributed by atoms with E-state index in [1.54, 1.807) is 6.08 Å². The zero-order chi connectivity index (χ0) is 12.2. The summed E-state index contributed by atoms with van der Waals surface area (Å²) in [4.78, 5) is 14.4. The van der Waals surface area contributed by atoms with Gasteiger partial charge in [0, 0.05) is 4.43 Å². The first kappa shape index (κ1) is 13.1. The molecule has 2 nitrogen and oxygen atoms in total. The van der Waals surface area contributed by atoms with E-state index in [0.29, 0.717) is 0 Å². The molecule has 0 saturated carbocycles. The second-order valence-electron chi connectivity index (χ2n) is 3.97. The first-order valence-electron chi connectivity index (χ1n) is 4.95. The fourth-order valence-corrected chi connectivity index (χ4v) is 2.00. The summed E-state index contributed by atoms with van der Waals surface area (Å²) in [6.07, 6.45) is 1.65. The molecule has 0 aromatic heterocycles. The predicted octanol–water partition coefficient (Wildman–Crippen LogP) is 3.71. The molecule has 1 aromatic carbocycles. The van der Waals surface area contributed by atoms with Gasteiger partial charge in [0.15, 0.2) is 0 Å². The Balaban J connectivity index is 3.26. The van der Waals surface area contributed by atoms with Gasteiger partial charge in [-0.05, 0) is 31.0 Å². The van der Waals surface area contributed by atoms with Crippen molar-refractivity contribution in [3.05, 3.63) is 42.0 Å². The minimum atomic E-state index is -0.492. The number of halogens is 1. The summed E-state index contributed by atoms with van der Waals surface area (Å²) < 4.78 is 0.736. The predicted molar refractivity (Wildman–Crippen MR) is 75.5 cm³/mol. The number of rotatable bonds is 4. The van der Waals surface area contributed by atoms with Crippen LogP contribution < -0.4 is 0 Å². The van der Waals surface area contributed by atoms with Gasteiger partial charge in [-0.1, -0.05) is 52.9 Å². The average Bonchev–Trinajstić information content (AvgIpc) is 2.29. The summed E-state index contributed by atoms with van der Waals surface area (Å²) >= 11 is 2.23. The van der Waals surface area contributed by atoms with Gasteiger partial charge in [0.25, 0.3) is 0 Å². The van der Waals surface area contributed by atoms with Crippen molar-refractivity contribution in [1.82, 2.24) is 0 Å². The van der Waals surface area contributed by atoms with E-state index in [1.807, 2.05) is 38.1 Å². The van der Waals surface area contributed by atoms with Gasteiger partial charge in [-0.25, -0.2) is 4.79 Å². The van der Waals surface area contributed by atoms with Crippen LogP contribution in [0.3, 0.4) is 0 Å². The van der Waals surface area contributed by atoms with Gasteiger partial charge in [-0.3, -0.25) is 0 Å². The molecule has 0 spiro atoms. The highest BCUT2D eigenvalue weighted by Crippen LogP contribution is 2.29. The van der Waals surface area contributed by atoms with E-state index in [2.05, 4.69) is 34.2 Å². The molecule has 0 radical (unpaired) electrons. The first-order valence-corrected chi connectivity index (χ1v) is 6.47. The van der Waals surface area contributed by atoms with Crippen LogP contribution >= 0.6 is 22.6 Å². The lowest BCUT2D eigenvalue weighted by Gasteiger charge is -2.21. The van der Waals surface area contributed by atoms with Crippen LogP contribution in [0.4, 0.5) is 0 Å². The van der Waals surface area contributed by atoms with Gasteiger partial charge >= 0.3 is 0 Å². The van der Waals surface area contributed by atoms with E-state index in [-0.39, 0.29) is 0 Å². The van der Waals surface area contributed by atoms with Crippen LogP contribution in [0.25, 0.3) is 5.57 Å². The molecular formula is C13H14INO. The molecule has 1 unspecified atom stereocenters. The molecule has 0 saturated heterocycles. The van der Waals surface area contributed by atoms with Crippen LogP contribution in [-0.2, 0) is 10.3 Å². The molecule has 3 heteroatoms. The molecule has 0 aliphatic heterocycles. The molecule has 0 aliphatic carbocycles. The Bertz CT molecular complexity index is 449. The fourth-order valence-electron chi connectivity index (χ4n) is 1.39. The highest BCUT2D eigenvalue weighted by atomic mass is 127. The second-order valence-corrected chi connectivity index (χ2v) is 4.73. The maximum atomic E-state index is 10.5. The minimum Gasteiger partial charge on any atom is -0.211 e. The Labute approximate surface area is 110 Å². The number of benzene rings is 1. The lowest BCUT2D eigenvalue weighted by molar-refractivity contribution is 0.532. The van der Waals surface area contributed by atoms with Crippen molar-refractivity contribution in [3.63, 3.8) is 0 Å². The number of hydrogen-bond acceptors (Lipinski definition) is 2. The van der Waals surface area contributed by atoms with Crippen LogP contribution in [0.15, 0.2) is 35.8 Å². The molecule has 1 aromatic rings. The van der Waals surface area contributed by atoms with E-state index in [0.717, 1.165) is 21.1 Å². The molecular weight excluding hydrogens is 313 g/mol. The zero-order valence-electron chi connectivity index (χ0n) is 9.46. The van der Waals surface area contributed by atoms with E-state index in [4.69, 9.17) is 0 Å². The maximum absolute atomic E-state index is 10.5. The summed E-state index contributed by atoms with van der Waals surface area (Å²) in [5.74, 6) is 0. The van der Waals surface area contributed by atoms with E-state index < -0.39 is 5.54 Å². The third-order valence-corrected chi connectivity index (χ3v) is 4.02. The molecule has 0 N–H and O–H groups in total. The molecule has 0 amide bonds. The Kier molecular flexibility index (Phi) is 4.44. The number of alkyl halides is 1. The highest BCUT2D eigenvalue weighted by Gasteiger charge is 2.24. The number of hydrogen-bond donors (Lipinski definition) is 0. The summed E-state index contributed by atoms with van der Waals surface area (Å²) in [6.45, 7) is 7.80. The molecule has 1 rings (SSSR count). The number of carbonyl (C=O) groups excluding carboxylic acids is 1. The lowest BCUT2D eigenvalue weighted by atomic mass is 9.92. The summed E-state index contributed by atoms with van der Waals surface area (Å²) in [5, 5.41) is 0. The van der Waals surface area contributed by atoms with Gasteiger partial charge in [0.2, 0.25) is 6.08 Å². The largest absolute Gasteiger partial charge is 0.235 e. The molecule has 0 fully saturated rings. The van der Waals surface area contributed by atoms with Crippen molar-refractivity contribution in [2.45, 2.75) is 19.4 Å². The number of nitrogens with zero attached hydrogens (tertiary/aromatic N) is 1. The molecule has 84 valence electrons. The number of isocyanates is 1. The van der Waals surface area contributed by atoms with Crippen molar-refractivity contribution in [2.24, 2.45) is 4.99 Å². The Morgan fingerprint density at radius 3 is 2.81 bits per heavy atom. The SMILES string of the molecule is C=C(C)c1cccc(C(C)(CI)N=C=O)c1. The Hall–Kier alpha value is -0.930. The van der Waals surface area contributed by atoms with Crippen molar-refractivity contribution < 1.29 is 4.79 Å². The summed E-state index contributed by atoms with van der Waals surface area (Å²) in [5.41, 5.74) is 2.61. The van der Waals surface area contributed by atoms with E-state index in [9.17, 15) is 4.79 Å². The number of allylic oxidation sites excluding steroid dienone is 1. The third-order valence-electron chi connectivity index (χ3n) is 2.53. The fraction of sp³-hybridized carbons (Fsp3) is 0.308. The summed E-state index contributed by atoms with van der Waals surface area (Å²) in [6, 6.07) is 7.97. The summed E-state index contributed by atoms with van der Waals surface area (Å²) in [7, 11) is 0. The van der Waals surface area contributed by atoms with Crippen LogP contribution in [0.5, 0.6) is 0 Å². The van der Waals surface area contributed by atoms with Crippen LogP contribution in [-0.4, -0.2) is 10.5 Å². The van der Waals surface area contributed by atoms with Gasteiger partial charge in [-0.2, -0.15) is 4.99 Å². The van der Waals surface area contributed by atoms with Crippen molar-refractivity contribution in [3.8, 4) is 0 Å². The number of aliphatic imine (C=N–C) groups is 1. The molecule has 0 heterocycles. The Morgan fingerprint density at radius 1 is 1.62 bits per heavy atom. The lowest BCUT2D eigenvalue weighted by Crippen LogP contribution is -2.20. The maximum Gasteiger partial charge on any atom is 0.235 e. The normalized spacial score (nSPS) is 13.7. The van der Waals surface area contributed by atoms with Crippen LogP contribution in [0.1, 0.15) is 25.0 Å². The van der Waals surface area contributed by atoms with Crippen molar-refractivity contribution in [1.29, 1.82) is 0 Å². The molecule has 1 atom stereocenters. The van der Waals surface area contributed by atoms with E-state index in [1.165, 1.54) is 0 Å². The quantitative estimate of drug-likeness (QED) is 0.359. The van der Waals surface area contributed by atoms with Gasteiger partial charge in [0.1, 0.15) is 5.54 Å². The zero-order valence-corrected chi connectivity index (χ0v) is 11.6. The first-order chi connectivity index (χ1) is 7.53. The van der Waals surface area contributed by atoms with Crippen LogP contribution in [0, 0.1) is 0 Å². The Morgan fingerprint density at radius 2 is 2.31 bits per heavy atom. The van der Waals surface area contributed by atoms with Gasteiger partial charge in [0.05, 0.1) is 0 Å². The third kappa shape index (κ3) is 2.80. The van der Waals surface area contributed by atoms with Gasteiger partial charge in [-0.15, -0.1) is 0 Å². The van der Waals surface area contributed by atoms with Gasteiger partial charge < -0.3 is 0 Å². The second kappa shape index (κ2) is 5.41. The monoisotopic (exact) mass is 327 g/mol. The average molecular weight is 327 g/mol. The smallest absolute Gasteiger partial charge is 0.211 e.